The molecule has 0 atom stereocenters. The van der Waals surface area contributed by atoms with Crippen molar-refractivity contribution in [1.82, 2.24) is 10.2 Å². The summed E-state index contributed by atoms with van der Waals surface area (Å²) < 4.78 is 0. The normalized spacial score (nSPS) is 17.4. The van der Waals surface area contributed by atoms with Gasteiger partial charge >= 0.3 is 0 Å². The summed E-state index contributed by atoms with van der Waals surface area (Å²) in [4.78, 5) is 4.11. The van der Waals surface area contributed by atoms with E-state index in [0.717, 1.165) is 6.54 Å². The third-order valence-electron chi connectivity index (χ3n) is 3.40. The molecule has 0 saturated carbocycles. The van der Waals surface area contributed by atoms with E-state index in [1.54, 1.807) is 0 Å². The second kappa shape index (κ2) is 7.85. The van der Waals surface area contributed by atoms with Crippen molar-refractivity contribution in [3.63, 3.8) is 0 Å². The molecule has 1 fully saturated rings. The van der Waals surface area contributed by atoms with E-state index >= 15 is 0 Å². The standard InChI is InChI=1S/C14H24N2S/c1-2-10-16(11-3-1)12-5-8-15-9-7-14-6-4-13-17-14/h4,6,13,15H,1-3,5,7-12H2. The molecule has 0 spiro atoms. The van der Waals surface area contributed by atoms with Gasteiger partial charge < -0.3 is 10.2 Å². The van der Waals surface area contributed by atoms with Gasteiger partial charge in [-0.05, 0) is 69.9 Å². The van der Waals surface area contributed by atoms with Crippen LogP contribution >= 0.6 is 11.3 Å². The summed E-state index contributed by atoms with van der Waals surface area (Å²) in [6, 6.07) is 4.36. The highest BCUT2D eigenvalue weighted by atomic mass is 32.1. The number of hydrogen-bond donors (Lipinski definition) is 1. The monoisotopic (exact) mass is 252 g/mol. The van der Waals surface area contributed by atoms with Crippen molar-refractivity contribution in [2.75, 3.05) is 32.7 Å². The summed E-state index contributed by atoms with van der Waals surface area (Å²) >= 11 is 1.86. The molecule has 1 saturated heterocycles. The van der Waals surface area contributed by atoms with Gasteiger partial charge in [0.2, 0.25) is 0 Å². The molecule has 2 nitrogen and oxygen atoms in total. The molecule has 2 rings (SSSR count). The molecule has 1 aromatic rings. The SMILES string of the molecule is c1csc(CCNCCCN2CCCCC2)c1. The van der Waals surface area contributed by atoms with Gasteiger partial charge in [0.05, 0.1) is 0 Å². The molecule has 0 unspecified atom stereocenters. The Bertz CT molecular complexity index is 278. The smallest absolute Gasteiger partial charge is 0.00578 e. The van der Waals surface area contributed by atoms with Gasteiger partial charge in [-0.1, -0.05) is 12.5 Å². The lowest BCUT2D eigenvalue weighted by Crippen LogP contribution is -2.32. The second-order valence-corrected chi connectivity index (χ2v) is 5.87. The van der Waals surface area contributed by atoms with E-state index in [1.807, 2.05) is 11.3 Å². The Labute approximate surface area is 109 Å². The minimum Gasteiger partial charge on any atom is -0.316 e. The Morgan fingerprint density at radius 1 is 1.18 bits per heavy atom. The van der Waals surface area contributed by atoms with Crippen molar-refractivity contribution < 1.29 is 0 Å². The lowest BCUT2D eigenvalue weighted by Gasteiger charge is -2.26. The first kappa shape index (κ1) is 13.1. The molecule has 0 aromatic carbocycles. The van der Waals surface area contributed by atoms with Crippen LogP contribution in [-0.4, -0.2) is 37.6 Å². The molecular weight excluding hydrogens is 228 g/mol. The lowest BCUT2D eigenvalue weighted by atomic mass is 10.1. The van der Waals surface area contributed by atoms with Crippen molar-refractivity contribution in [1.29, 1.82) is 0 Å². The number of nitrogens with one attached hydrogen (secondary N) is 1. The third kappa shape index (κ3) is 5.19. The molecule has 2 heterocycles. The molecule has 1 aliphatic rings. The molecule has 0 aliphatic carbocycles. The van der Waals surface area contributed by atoms with E-state index in [4.69, 9.17) is 0 Å². The van der Waals surface area contributed by atoms with Gasteiger partial charge in [0.25, 0.3) is 0 Å². The summed E-state index contributed by atoms with van der Waals surface area (Å²) in [5.41, 5.74) is 0. The first-order chi connectivity index (χ1) is 8.45. The first-order valence-electron chi connectivity index (χ1n) is 6.90. The minimum atomic E-state index is 1.13. The van der Waals surface area contributed by atoms with Crippen LogP contribution in [0.25, 0.3) is 0 Å². The number of hydrogen-bond acceptors (Lipinski definition) is 3. The van der Waals surface area contributed by atoms with Crippen LogP contribution in [0.2, 0.25) is 0 Å². The van der Waals surface area contributed by atoms with Crippen LogP contribution in [0.4, 0.5) is 0 Å². The van der Waals surface area contributed by atoms with E-state index in [2.05, 4.69) is 27.7 Å². The van der Waals surface area contributed by atoms with Crippen LogP contribution in [0.3, 0.4) is 0 Å². The lowest BCUT2D eigenvalue weighted by molar-refractivity contribution is 0.226. The van der Waals surface area contributed by atoms with Crippen molar-refractivity contribution in [2.45, 2.75) is 32.1 Å². The fourth-order valence-corrected chi connectivity index (χ4v) is 3.11. The average Bonchev–Trinajstić information content (AvgIpc) is 2.88. The van der Waals surface area contributed by atoms with Crippen molar-refractivity contribution in [2.24, 2.45) is 0 Å². The average molecular weight is 252 g/mol. The van der Waals surface area contributed by atoms with Crippen molar-refractivity contribution in [3.8, 4) is 0 Å². The van der Waals surface area contributed by atoms with Gasteiger partial charge in [-0.25, -0.2) is 0 Å². The van der Waals surface area contributed by atoms with Gasteiger partial charge in [0, 0.05) is 4.88 Å². The number of piperidine rings is 1. The molecule has 0 bridgehead atoms. The zero-order valence-electron chi connectivity index (χ0n) is 10.7. The maximum Gasteiger partial charge on any atom is 0.00578 e. The summed E-state index contributed by atoms with van der Waals surface area (Å²) in [6.07, 6.45) is 6.74. The Morgan fingerprint density at radius 3 is 2.82 bits per heavy atom. The predicted molar refractivity (Wildman–Crippen MR) is 75.8 cm³/mol. The van der Waals surface area contributed by atoms with Crippen LogP contribution in [-0.2, 0) is 6.42 Å². The fraction of sp³-hybridized carbons (Fsp3) is 0.714. The van der Waals surface area contributed by atoms with E-state index < -0.39 is 0 Å². The van der Waals surface area contributed by atoms with Crippen LogP contribution in [0.5, 0.6) is 0 Å². The number of thiophene rings is 1. The van der Waals surface area contributed by atoms with Crippen molar-refractivity contribution >= 4 is 11.3 Å². The molecule has 1 N–H and O–H groups in total. The third-order valence-corrected chi connectivity index (χ3v) is 4.34. The van der Waals surface area contributed by atoms with E-state index in [-0.39, 0.29) is 0 Å². The van der Waals surface area contributed by atoms with Crippen LogP contribution < -0.4 is 5.32 Å². The maximum atomic E-state index is 3.54. The Hall–Kier alpha value is -0.380. The summed E-state index contributed by atoms with van der Waals surface area (Å²) in [5, 5.41) is 5.70. The largest absolute Gasteiger partial charge is 0.316 e. The molecular formula is C14H24N2S. The zero-order chi connectivity index (χ0) is 11.8. The first-order valence-corrected chi connectivity index (χ1v) is 7.78. The fourth-order valence-electron chi connectivity index (χ4n) is 2.40. The topological polar surface area (TPSA) is 15.3 Å². The summed E-state index contributed by atoms with van der Waals surface area (Å²) in [7, 11) is 0. The predicted octanol–water partition coefficient (Wildman–Crippen LogP) is 2.76. The van der Waals surface area contributed by atoms with E-state index in [0.29, 0.717) is 0 Å². The van der Waals surface area contributed by atoms with Gasteiger partial charge in [-0.3, -0.25) is 0 Å². The quantitative estimate of drug-likeness (QED) is 0.751. The van der Waals surface area contributed by atoms with Gasteiger partial charge in [-0.15, -0.1) is 11.3 Å². The second-order valence-electron chi connectivity index (χ2n) is 4.84. The van der Waals surface area contributed by atoms with E-state index in [1.165, 1.54) is 63.2 Å². The Morgan fingerprint density at radius 2 is 2.06 bits per heavy atom. The number of rotatable bonds is 7. The summed E-state index contributed by atoms with van der Waals surface area (Å²) in [6.45, 7) is 6.23. The highest BCUT2D eigenvalue weighted by Gasteiger charge is 2.08. The van der Waals surface area contributed by atoms with Crippen LogP contribution in [0, 0.1) is 0 Å². The Balaban J connectivity index is 1.43. The van der Waals surface area contributed by atoms with Gasteiger partial charge in [0.1, 0.15) is 0 Å². The highest BCUT2D eigenvalue weighted by Crippen LogP contribution is 2.09. The van der Waals surface area contributed by atoms with Gasteiger partial charge in [-0.2, -0.15) is 0 Å². The molecule has 0 amide bonds. The van der Waals surface area contributed by atoms with E-state index in [9.17, 15) is 0 Å². The van der Waals surface area contributed by atoms with Crippen molar-refractivity contribution in [3.05, 3.63) is 22.4 Å². The molecule has 96 valence electrons. The zero-order valence-corrected chi connectivity index (χ0v) is 11.5. The van der Waals surface area contributed by atoms with Crippen LogP contribution in [0.1, 0.15) is 30.6 Å². The number of likely N-dealkylation sites (tertiary alicyclic amines) is 1. The van der Waals surface area contributed by atoms with Crippen LogP contribution in [0.15, 0.2) is 17.5 Å². The maximum absolute atomic E-state index is 3.54. The van der Waals surface area contributed by atoms with Gasteiger partial charge in [0.15, 0.2) is 0 Å². The summed E-state index contributed by atoms with van der Waals surface area (Å²) in [5.74, 6) is 0. The Kier molecular flexibility index (Phi) is 6.03. The molecule has 3 heteroatoms. The minimum absolute atomic E-state index is 1.13. The molecule has 1 aliphatic heterocycles. The highest BCUT2D eigenvalue weighted by molar-refractivity contribution is 7.09. The number of nitrogens with zero attached hydrogens (tertiary/aromatic N) is 1. The molecule has 17 heavy (non-hydrogen) atoms. The molecule has 0 radical (unpaired) electrons. The molecule has 1 aromatic heterocycles.